The Labute approximate surface area is 88.7 Å². The summed E-state index contributed by atoms with van der Waals surface area (Å²) in [6.45, 7) is 0. The van der Waals surface area contributed by atoms with Crippen LogP contribution in [-0.2, 0) is 0 Å². The monoisotopic (exact) mass is 227 g/mol. The molecule has 1 heterocycles. The van der Waals surface area contributed by atoms with Crippen LogP contribution in [0.2, 0.25) is 5.02 Å². The molecule has 0 radical (unpaired) electrons. The van der Waals surface area contributed by atoms with Crippen LogP contribution in [0.4, 0.5) is 5.69 Å². The van der Waals surface area contributed by atoms with E-state index in [0.29, 0.717) is 9.72 Å². The Balaban J connectivity index is 2.90. The van der Waals surface area contributed by atoms with Gasteiger partial charge in [0.25, 0.3) is 0 Å². The van der Waals surface area contributed by atoms with Crippen molar-refractivity contribution in [2.75, 3.05) is 5.73 Å². The summed E-state index contributed by atoms with van der Waals surface area (Å²) in [5.41, 5.74) is 5.99. The lowest BCUT2D eigenvalue weighted by Gasteiger charge is -2.01. The Kier molecular flexibility index (Phi) is 2.09. The summed E-state index contributed by atoms with van der Waals surface area (Å²) >= 11 is 7.17. The first-order chi connectivity index (χ1) is 6.61. The lowest BCUT2D eigenvalue weighted by molar-refractivity contribution is 0.0700. The van der Waals surface area contributed by atoms with Gasteiger partial charge >= 0.3 is 5.97 Å². The van der Waals surface area contributed by atoms with Crippen LogP contribution in [0.1, 0.15) is 10.4 Å². The van der Waals surface area contributed by atoms with Gasteiger partial charge in [-0.05, 0) is 12.1 Å². The van der Waals surface area contributed by atoms with Gasteiger partial charge in [0.2, 0.25) is 0 Å². The molecule has 2 rings (SSSR count). The predicted molar refractivity (Wildman–Crippen MR) is 58.2 cm³/mol. The highest BCUT2D eigenvalue weighted by molar-refractivity contribution is 7.18. The van der Waals surface area contributed by atoms with Crippen LogP contribution in [0.15, 0.2) is 17.5 Å². The van der Waals surface area contributed by atoms with Gasteiger partial charge in [0.15, 0.2) is 0 Å². The van der Waals surface area contributed by atoms with Crippen molar-refractivity contribution in [1.29, 1.82) is 0 Å². The van der Waals surface area contributed by atoms with Crippen LogP contribution in [-0.4, -0.2) is 11.1 Å². The average molecular weight is 228 g/mol. The topological polar surface area (TPSA) is 63.3 Å². The molecule has 0 aliphatic carbocycles. The summed E-state index contributed by atoms with van der Waals surface area (Å²) in [7, 11) is 0. The van der Waals surface area contributed by atoms with Gasteiger partial charge in [0.1, 0.15) is 5.56 Å². The number of thiophene rings is 1. The molecule has 0 saturated heterocycles. The van der Waals surface area contributed by atoms with E-state index in [1.54, 1.807) is 17.5 Å². The molecule has 0 fully saturated rings. The number of carbonyl (C=O) groups is 1. The van der Waals surface area contributed by atoms with E-state index in [-0.39, 0.29) is 11.3 Å². The SMILES string of the molecule is Nc1ccc2c(Cl)csc2c1C(=O)O. The second-order valence-electron chi connectivity index (χ2n) is 2.80. The molecule has 14 heavy (non-hydrogen) atoms. The average Bonchev–Trinajstić information content (AvgIpc) is 2.47. The standard InChI is InChI=1S/C9H6ClNO2S/c10-5-3-14-8-4(5)1-2-6(11)7(8)9(12)13/h1-3H,11H2,(H,12,13). The Morgan fingerprint density at radius 2 is 2.21 bits per heavy atom. The molecule has 0 amide bonds. The van der Waals surface area contributed by atoms with Crippen molar-refractivity contribution < 1.29 is 9.90 Å². The first-order valence-electron chi connectivity index (χ1n) is 3.79. The minimum Gasteiger partial charge on any atom is -0.478 e. The Hall–Kier alpha value is -1.26. The van der Waals surface area contributed by atoms with Gasteiger partial charge in [-0.1, -0.05) is 11.6 Å². The molecule has 0 saturated carbocycles. The zero-order valence-corrected chi connectivity index (χ0v) is 8.52. The van der Waals surface area contributed by atoms with E-state index in [1.165, 1.54) is 11.3 Å². The van der Waals surface area contributed by atoms with Crippen molar-refractivity contribution >= 4 is 44.7 Å². The number of anilines is 1. The van der Waals surface area contributed by atoms with Crippen LogP contribution in [0.3, 0.4) is 0 Å². The number of halogens is 1. The molecular weight excluding hydrogens is 222 g/mol. The fourth-order valence-electron chi connectivity index (χ4n) is 1.30. The predicted octanol–water partition coefficient (Wildman–Crippen LogP) is 2.84. The third-order valence-electron chi connectivity index (χ3n) is 1.94. The van der Waals surface area contributed by atoms with Gasteiger partial charge in [0.05, 0.1) is 9.72 Å². The Morgan fingerprint density at radius 1 is 1.50 bits per heavy atom. The molecule has 5 heteroatoms. The van der Waals surface area contributed by atoms with Crippen LogP contribution in [0.25, 0.3) is 10.1 Å². The maximum atomic E-state index is 10.9. The number of hydrogen-bond donors (Lipinski definition) is 2. The highest BCUT2D eigenvalue weighted by atomic mass is 35.5. The summed E-state index contributed by atoms with van der Waals surface area (Å²) in [6, 6.07) is 3.29. The minimum absolute atomic E-state index is 0.138. The van der Waals surface area contributed by atoms with Gasteiger partial charge < -0.3 is 10.8 Å². The molecule has 0 bridgehead atoms. The molecule has 72 valence electrons. The van der Waals surface area contributed by atoms with E-state index in [0.717, 1.165) is 5.39 Å². The second kappa shape index (κ2) is 3.15. The van der Waals surface area contributed by atoms with Gasteiger partial charge in [-0.15, -0.1) is 11.3 Å². The number of nitrogen functional groups attached to an aromatic ring is 1. The summed E-state index contributed by atoms with van der Waals surface area (Å²) in [6.07, 6.45) is 0. The van der Waals surface area contributed by atoms with Crippen LogP contribution < -0.4 is 5.73 Å². The molecule has 1 aromatic carbocycles. The van der Waals surface area contributed by atoms with Gasteiger partial charge in [-0.25, -0.2) is 4.79 Å². The third kappa shape index (κ3) is 1.23. The summed E-state index contributed by atoms with van der Waals surface area (Å²) in [4.78, 5) is 10.9. The van der Waals surface area contributed by atoms with Crippen molar-refractivity contribution in [3.05, 3.63) is 28.1 Å². The fraction of sp³-hybridized carbons (Fsp3) is 0. The maximum absolute atomic E-state index is 10.9. The minimum atomic E-state index is -1.02. The molecule has 0 unspecified atom stereocenters. The smallest absolute Gasteiger partial charge is 0.339 e. The second-order valence-corrected chi connectivity index (χ2v) is 4.08. The summed E-state index contributed by atoms with van der Waals surface area (Å²) in [5, 5.41) is 12.0. The van der Waals surface area contributed by atoms with Crippen molar-refractivity contribution in [2.45, 2.75) is 0 Å². The molecule has 0 atom stereocenters. The molecule has 0 aliphatic heterocycles. The molecule has 0 spiro atoms. The number of carboxylic acid groups (broad SMARTS) is 1. The van der Waals surface area contributed by atoms with Crippen molar-refractivity contribution in [2.24, 2.45) is 0 Å². The molecular formula is C9H6ClNO2S. The number of fused-ring (bicyclic) bond motifs is 1. The van der Waals surface area contributed by atoms with E-state index in [4.69, 9.17) is 22.4 Å². The van der Waals surface area contributed by atoms with Crippen molar-refractivity contribution in [1.82, 2.24) is 0 Å². The molecule has 3 N–H and O–H groups in total. The third-order valence-corrected chi connectivity index (χ3v) is 3.40. The number of nitrogens with two attached hydrogens (primary N) is 1. The number of hydrogen-bond acceptors (Lipinski definition) is 3. The highest BCUT2D eigenvalue weighted by Gasteiger charge is 2.15. The van der Waals surface area contributed by atoms with E-state index < -0.39 is 5.97 Å². The quantitative estimate of drug-likeness (QED) is 0.737. The fourth-order valence-corrected chi connectivity index (χ4v) is 2.63. The zero-order valence-electron chi connectivity index (χ0n) is 6.95. The number of carboxylic acids is 1. The number of rotatable bonds is 1. The van der Waals surface area contributed by atoms with Crippen molar-refractivity contribution in [3.8, 4) is 0 Å². The van der Waals surface area contributed by atoms with Crippen LogP contribution in [0.5, 0.6) is 0 Å². The van der Waals surface area contributed by atoms with Gasteiger partial charge in [-0.2, -0.15) is 0 Å². The summed E-state index contributed by atoms with van der Waals surface area (Å²) < 4.78 is 0.627. The molecule has 1 aromatic heterocycles. The molecule has 0 aliphatic rings. The lowest BCUT2D eigenvalue weighted by Crippen LogP contribution is -2.01. The summed E-state index contributed by atoms with van der Waals surface area (Å²) in [5.74, 6) is -1.02. The van der Waals surface area contributed by atoms with Crippen LogP contribution in [0, 0.1) is 0 Å². The molecule has 2 aromatic rings. The normalized spacial score (nSPS) is 10.6. The number of aromatic carboxylic acids is 1. The van der Waals surface area contributed by atoms with E-state index in [1.807, 2.05) is 0 Å². The highest BCUT2D eigenvalue weighted by Crippen LogP contribution is 2.34. The largest absolute Gasteiger partial charge is 0.478 e. The zero-order chi connectivity index (χ0) is 10.3. The Bertz CT molecular complexity index is 521. The van der Waals surface area contributed by atoms with E-state index >= 15 is 0 Å². The maximum Gasteiger partial charge on any atom is 0.339 e. The van der Waals surface area contributed by atoms with Crippen molar-refractivity contribution in [3.63, 3.8) is 0 Å². The lowest BCUT2D eigenvalue weighted by atomic mass is 10.1. The van der Waals surface area contributed by atoms with Gasteiger partial charge in [0, 0.05) is 16.5 Å². The molecule has 3 nitrogen and oxygen atoms in total. The van der Waals surface area contributed by atoms with E-state index in [9.17, 15) is 4.79 Å². The number of benzene rings is 1. The van der Waals surface area contributed by atoms with E-state index in [2.05, 4.69) is 0 Å². The first kappa shape index (κ1) is 9.30. The Morgan fingerprint density at radius 3 is 2.86 bits per heavy atom. The first-order valence-corrected chi connectivity index (χ1v) is 5.05. The van der Waals surface area contributed by atoms with Gasteiger partial charge in [-0.3, -0.25) is 0 Å². The van der Waals surface area contributed by atoms with Crippen LogP contribution >= 0.6 is 22.9 Å².